The molecule has 5 nitrogen and oxygen atoms in total. The minimum atomic E-state index is -0.483. The van der Waals surface area contributed by atoms with Crippen LogP contribution >= 0.6 is 11.6 Å². The summed E-state index contributed by atoms with van der Waals surface area (Å²) in [5.74, 6) is 0. The molecule has 2 N–H and O–H groups in total. The number of halogens is 1. The number of nitro benzene ring substituents is 1. The Morgan fingerprint density at radius 3 is 2.81 bits per heavy atom. The second-order valence-corrected chi connectivity index (χ2v) is 3.79. The van der Waals surface area contributed by atoms with Gasteiger partial charge in [-0.3, -0.25) is 10.1 Å². The number of hydrogen-bond donors (Lipinski definition) is 2. The van der Waals surface area contributed by atoms with E-state index in [4.69, 9.17) is 16.7 Å². The minimum Gasteiger partial charge on any atom is -0.394 e. The number of nitrogens with one attached hydrogen (secondary N) is 1. The van der Waals surface area contributed by atoms with Crippen molar-refractivity contribution in [3.05, 3.63) is 33.3 Å². The van der Waals surface area contributed by atoms with Crippen LogP contribution in [-0.4, -0.2) is 22.7 Å². The van der Waals surface area contributed by atoms with Gasteiger partial charge in [0.1, 0.15) is 5.69 Å². The third-order valence-electron chi connectivity index (χ3n) is 2.23. The summed E-state index contributed by atoms with van der Waals surface area (Å²) >= 11 is 5.77. The van der Waals surface area contributed by atoms with Crippen LogP contribution in [-0.2, 0) is 0 Å². The molecule has 0 aliphatic rings. The lowest BCUT2D eigenvalue weighted by Crippen LogP contribution is -2.23. The lowest BCUT2D eigenvalue weighted by Gasteiger charge is -2.15. The summed E-state index contributed by atoms with van der Waals surface area (Å²) in [4.78, 5) is 10.3. The number of benzene rings is 1. The van der Waals surface area contributed by atoms with Crippen molar-refractivity contribution < 1.29 is 10.0 Å². The molecule has 6 heteroatoms. The zero-order valence-electron chi connectivity index (χ0n) is 8.81. The molecular formula is C10H13ClN2O3. The molecule has 0 spiro atoms. The zero-order valence-corrected chi connectivity index (χ0v) is 9.57. The number of aliphatic hydroxyl groups excluding tert-OH is 1. The zero-order chi connectivity index (χ0) is 12.1. The van der Waals surface area contributed by atoms with E-state index in [-0.39, 0.29) is 18.3 Å². The fraction of sp³-hybridized carbons (Fsp3) is 0.400. The first kappa shape index (κ1) is 12.7. The van der Waals surface area contributed by atoms with Gasteiger partial charge in [-0.1, -0.05) is 18.5 Å². The molecule has 1 rings (SSSR count). The molecule has 1 atom stereocenters. The van der Waals surface area contributed by atoms with Crippen LogP contribution < -0.4 is 5.32 Å². The van der Waals surface area contributed by atoms with Gasteiger partial charge < -0.3 is 10.4 Å². The van der Waals surface area contributed by atoms with Crippen molar-refractivity contribution >= 4 is 23.0 Å². The maximum atomic E-state index is 10.8. The number of aliphatic hydroxyl groups is 1. The fourth-order valence-corrected chi connectivity index (χ4v) is 1.45. The Bertz CT molecular complexity index is 380. The van der Waals surface area contributed by atoms with E-state index in [0.717, 1.165) is 0 Å². The Morgan fingerprint density at radius 1 is 1.62 bits per heavy atom. The van der Waals surface area contributed by atoms with Gasteiger partial charge in [0.25, 0.3) is 5.69 Å². The average Bonchev–Trinajstić information content (AvgIpc) is 2.25. The Balaban J connectivity index is 3.00. The van der Waals surface area contributed by atoms with Crippen molar-refractivity contribution in [2.75, 3.05) is 11.9 Å². The summed E-state index contributed by atoms with van der Waals surface area (Å²) < 4.78 is 0. The van der Waals surface area contributed by atoms with Crippen LogP contribution in [0.2, 0.25) is 5.02 Å². The van der Waals surface area contributed by atoms with Gasteiger partial charge in [0.05, 0.1) is 11.5 Å². The van der Waals surface area contributed by atoms with E-state index in [2.05, 4.69) is 5.32 Å². The molecule has 0 heterocycles. The second-order valence-electron chi connectivity index (χ2n) is 3.35. The lowest BCUT2D eigenvalue weighted by atomic mass is 10.2. The summed E-state index contributed by atoms with van der Waals surface area (Å²) in [6, 6.07) is 4.08. The second kappa shape index (κ2) is 5.67. The predicted molar refractivity (Wildman–Crippen MR) is 62.9 cm³/mol. The van der Waals surface area contributed by atoms with Crippen LogP contribution in [0.5, 0.6) is 0 Å². The number of anilines is 1. The van der Waals surface area contributed by atoms with Crippen LogP contribution in [0.1, 0.15) is 13.3 Å². The number of hydrogen-bond acceptors (Lipinski definition) is 4. The van der Waals surface area contributed by atoms with Crippen LogP contribution in [0.15, 0.2) is 18.2 Å². The molecule has 0 radical (unpaired) electrons. The molecule has 0 aromatic heterocycles. The average molecular weight is 245 g/mol. The Labute approximate surface area is 98.2 Å². The van der Waals surface area contributed by atoms with Crippen molar-refractivity contribution in [3.8, 4) is 0 Å². The molecule has 16 heavy (non-hydrogen) atoms. The third-order valence-corrected chi connectivity index (χ3v) is 2.46. The maximum absolute atomic E-state index is 10.8. The van der Waals surface area contributed by atoms with Gasteiger partial charge in [-0.25, -0.2) is 0 Å². The smallest absolute Gasteiger partial charge is 0.292 e. The van der Waals surface area contributed by atoms with Crippen LogP contribution in [0, 0.1) is 10.1 Å². The number of rotatable bonds is 5. The normalized spacial score (nSPS) is 12.2. The fourth-order valence-electron chi connectivity index (χ4n) is 1.28. The SMILES string of the molecule is CCC(CO)Nc1cc(Cl)ccc1[N+](=O)[O-]. The summed E-state index contributed by atoms with van der Waals surface area (Å²) in [5, 5.41) is 23.1. The van der Waals surface area contributed by atoms with E-state index < -0.39 is 4.92 Å². The topological polar surface area (TPSA) is 75.4 Å². The van der Waals surface area contributed by atoms with Crippen molar-refractivity contribution in [2.24, 2.45) is 0 Å². The van der Waals surface area contributed by atoms with E-state index in [9.17, 15) is 10.1 Å². The molecule has 0 saturated carbocycles. The monoisotopic (exact) mass is 244 g/mol. The number of nitrogens with zero attached hydrogens (tertiary/aromatic N) is 1. The maximum Gasteiger partial charge on any atom is 0.292 e. The highest BCUT2D eigenvalue weighted by Crippen LogP contribution is 2.28. The molecule has 0 amide bonds. The van der Waals surface area contributed by atoms with Gasteiger partial charge in [0.2, 0.25) is 0 Å². The van der Waals surface area contributed by atoms with E-state index in [1.54, 1.807) is 0 Å². The van der Waals surface area contributed by atoms with E-state index in [1.807, 2.05) is 6.92 Å². The molecule has 0 aliphatic carbocycles. The van der Waals surface area contributed by atoms with Crippen LogP contribution in [0.25, 0.3) is 0 Å². The van der Waals surface area contributed by atoms with E-state index in [0.29, 0.717) is 17.1 Å². The predicted octanol–water partition coefficient (Wildman–Crippen LogP) is 2.43. The van der Waals surface area contributed by atoms with Gasteiger partial charge in [0.15, 0.2) is 0 Å². The van der Waals surface area contributed by atoms with Crippen molar-refractivity contribution in [1.82, 2.24) is 0 Å². The van der Waals surface area contributed by atoms with Gasteiger partial charge >= 0.3 is 0 Å². The van der Waals surface area contributed by atoms with Gasteiger partial charge in [-0.2, -0.15) is 0 Å². The minimum absolute atomic E-state index is 0.0451. The first-order valence-electron chi connectivity index (χ1n) is 4.89. The van der Waals surface area contributed by atoms with Gasteiger partial charge in [0, 0.05) is 17.1 Å². The highest BCUT2D eigenvalue weighted by molar-refractivity contribution is 6.31. The molecule has 0 bridgehead atoms. The molecule has 1 aromatic rings. The molecule has 88 valence electrons. The Morgan fingerprint density at radius 2 is 2.31 bits per heavy atom. The number of nitro groups is 1. The molecule has 1 unspecified atom stereocenters. The van der Waals surface area contributed by atoms with E-state index >= 15 is 0 Å². The highest BCUT2D eigenvalue weighted by Gasteiger charge is 2.16. The Hall–Kier alpha value is -1.33. The van der Waals surface area contributed by atoms with Crippen molar-refractivity contribution in [1.29, 1.82) is 0 Å². The molecule has 0 saturated heterocycles. The van der Waals surface area contributed by atoms with Crippen LogP contribution in [0.3, 0.4) is 0 Å². The van der Waals surface area contributed by atoms with Crippen LogP contribution in [0.4, 0.5) is 11.4 Å². The third kappa shape index (κ3) is 3.08. The molecule has 0 aliphatic heterocycles. The molecular weight excluding hydrogens is 232 g/mol. The quantitative estimate of drug-likeness (QED) is 0.616. The first-order valence-corrected chi connectivity index (χ1v) is 5.27. The molecule has 0 fully saturated rings. The standard InChI is InChI=1S/C10H13ClN2O3/c1-2-8(6-14)12-9-5-7(11)3-4-10(9)13(15)16/h3-5,8,12,14H,2,6H2,1H3. The molecule has 1 aromatic carbocycles. The summed E-state index contributed by atoms with van der Waals surface area (Å²) in [6.07, 6.45) is 0.667. The summed E-state index contributed by atoms with van der Waals surface area (Å²) in [5.41, 5.74) is 0.287. The largest absolute Gasteiger partial charge is 0.394 e. The van der Waals surface area contributed by atoms with E-state index in [1.165, 1.54) is 18.2 Å². The van der Waals surface area contributed by atoms with Gasteiger partial charge in [-0.15, -0.1) is 0 Å². The first-order chi connectivity index (χ1) is 7.58. The Kier molecular flexibility index (Phi) is 4.52. The highest BCUT2D eigenvalue weighted by atomic mass is 35.5. The van der Waals surface area contributed by atoms with Crippen molar-refractivity contribution in [3.63, 3.8) is 0 Å². The summed E-state index contributed by atoms with van der Waals surface area (Å²) in [6.45, 7) is 1.80. The van der Waals surface area contributed by atoms with Gasteiger partial charge in [-0.05, 0) is 18.6 Å². The lowest BCUT2D eigenvalue weighted by molar-refractivity contribution is -0.384. The summed E-state index contributed by atoms with van der Waals surface area (Å²) in [7, 11) is 0. The van der Waals surface area contributed by atoms with Crippen molar-refractivity contribution in [2.45, 2.75) is 19.4 Å².